The first-order valence-electron chi connectivity index (χ1n) is 6.62. The summed E-state index contributed by atoms with van der Waals surface area (Å²) in [6.07, 6.45) is 4.04. The maximum atomic E-state index is 12.6. The van der Waals surface area contributed by atoms with Gasteiger partial charge < -0.3 is 10.2 Å². The summed E-state index contributed by atoms with van der Waals surface area (Å²) >= 11 is 0. The minimum Gasteiger partial charge on any atom is -0.385 e. The van der Waals surface area contributed by atoms with E-state index in [1.54, 1.807) is 19.2 Å². The average Bonchev–Trinajstić information content (AvgIpc) is 2.59. The predicted molar refractivity (Wildman–Crippen MR) is 69.6 cm³/mol. The van der Waals surface area contributed by atoms with Gasteiger partial charge in [0.05, 0.1) is 5.60 Å². The number of nitrogens with zero attached hydrogens (tertiary/aromatic N) is 1. The van der Waals surface area contributed by atoms with Crippen LogP contribution in [0, 0.1) is 11.3 Å². The quantitative estimate of drug-likeness (QED) is 0.745. The van der Waals surface area contributed by atoms with Gasteiger partial charge in [0.15, 0.2) is 5.78 Å². The van der Waals surface area contributed by atoms with Crippen molar-refractivity contribution >= 4 is 5.78 Å². The van der Waals surface area contributed by atoms with Crippen molar-refractivity contribution in [3.05, 3.63) is 29.6 Å². The molecular weight excluding hydrogens is 242 g/mol. The van der Waals surface area contributed by atoms with Crippen molar-refractivity contribution in [3.8, 4) is 0 Å². The van der Waals surface area contributed by atoms with Crippen LogP contribution < -0.4 is 0 Å². The Morgan fingerprint density at radius 3 is 2.68 bits per heavy atom. The Morgan fingerprint density at radius 1 is 1.32 bits per heavy atom. The average molecular weight is 261 g/mol. The van der Waals surface area contributed by atoms with Crippen LogP contribution in [0.4, 0.5) is 0 Å². The van der Waals surface area contributed by atoms with E-state index in [4.69, 9.17) is 0 Å². The Kier molecular flexibility index (Phi) is 2.31. The monoisotopic (exact) mass is 261 g/mol. The van der Waals surface area contributed by atoms with Gasteiger partial charge in [-0.2, -0.15) is 0 Å². The van der Waals surface area contributed by atoms with E-state index in [0.29, 0.717) is 24.0 Å². The smallest absolute Gasteiger partial charge is 0.196 e. The van der Waals surface area contributed by atoms with Crippen molar-refractivity contribution in [3.63, 3.8) is 0 Å². The first-order valence-corrected chi connectivity index (χ1v) is 6.62. The van der Waals surface area contributed by atoms with Crippen LogP contribution in [0.2, 0.25) is 0 Å². The highest BCUT2D eigenvalue weighted by molar-refractivity contribution is 6.05. The van der Waals surface area contributed by atoms with Gasteiger partial charge in [0.25, 0.3) is 0 Å². The van der Waals surface area contributed by atoms with Crippen LogP contribution in [0.3, 0.4) is 0 Å². The summed E-state index contributed by atoms with van der Waals surface area (Å²) in [6.45, 7) is 5.74. The molecule has 102 valence electrons. The third kappa shape index (κ3) is 1.53. The summed E-state index contributed by atoms with van der Waals surface area (Å²) in [6, 6.07) is 1.68. The minimum absolute atomic E-state index is 0.158. The highest BCUT2D eigenvalue weighted by Crippen LogP contribution is 2.58. The highest BCUT2D eigenvalue weighted by Gasteiger charge is 2.63. The zero-order valence-electron chi connectivity index (χ0n) is 11.5. The fourth-order valence-corrected chi connectivity index (χ4v) is 3.99. The number of ketones is 1. The van der Waals surface area contributed by atoms with Gasteiger partial charge in [-0.3, -0.25) is 9.78 Å². The lowest BCUT2D eigenvalue weighted by Gasteiger charge is -2.44. The van der Waals surface area contributed by atoms with Gasteiger partial charge >= 0.3 is 0 Å². The van der Waals surface area contributed by atoms with Crippen LogP contribution in [0.5, 0.6) is 0 Å². The van der Waals surface area contributed by atoms with E-state index >= 15 is 0 Å². The van der Waals surface area contributed by atoms with E-state index in [0.717, 1.165) is 0 Å². The number of hydrogen-bond acceptors (Lipinski definition) is 4. The van der Waals surface area contributed by atoms with Gasteiger partial charge in [-0.25, -0.2) is 0 Å². The van der Waals surface area contributed by atoms with E-state index in [-0.39, 0.29) is 11.2 Å². The van der Waals surface area contributed by atoms with Gasteiger partial charge in [0.1, 0.15) is 5.60 Å². The molecule has 3 rings (SSSR count). The number of carbonyl (C=O) groups is 1. The zero-order valence-corrected chi connectivity index (χ0v) is 11.5. The second-order valence-electron chi connectivity index (χ2n) is 6.92. The third-order valence-electron chi connectivity index (χ3n) is 4.76. The maximum Gasteiger partial charge on any atom is 0.196 e. The van der Waals surface area contributed by atoms with Crippen LogP contribution in [0.15, 0.2) is 18.5 Å². The molecule has 0 aliphatic heterocycles. The first-order chi connectivity index (χ1) is 8.68. The van der Waals surface area contributed by atoms with Crippen molar-refractivity contribution in [2.24, 2.45) is 11.3 Å². The summed E-state index contributed by atoms with van der Waals surface area (Å²) in [5.41, 5.74) is -1.89. The predicted octanol–water partition coefficient (Wildman–Crippen LogP) is 1.65. The van der Waals surface area contributed by atoms with E-state index in [9.17, 15) is 15.0 Å². The number of rotatable bonds is 0. The number of carbonyl (C=O) groups excluding carboxylic acids is 1. The fourth-order valence-electron chi connectivity index (χ4n) is 3.99. The van der Waals surface area contributed by atoms with Gasteiger partial charge in [0, 0.05) is 23.9 Å². The molecule has 2 N–H and O–H groups in total. The molecule has 4 heteroatoms. The van der Waals surface area contributed by atoms with E-state index in [1.165, 1.54) is 6.20 Å². The van der Waals surface area contributed by atoms with Crippen LogP contribution in [0.1, 0.15) is 49.5 Å². The lowest BCUT2D eigenvalue weighted by molar-refractivity contribution is -0.0941. The fraction of sp³-hybridized carbons (Fsp3) is 0.600. The number of fused-ring (bicyclic) bond motifs is 2. The molecule has 4 nitrogen and oxygen atoms in total. The van der Waals surface area contributed by atoms with Crippen LogP contribution >= 0.6 is 0 Å². The number of Topliss-reactive ketones (excluding diaryl/α,β-unsaturated/α-hetero) is 1. The molecule has 0 saturated heterocycles. The lowest BCUT2D eigenvalue weighted by Crippen LogP contribution is -2.55. The molecule has 1 heterocycles. The van der Waals surface area contributed by atoms with Crippen molar-refractivity contribution < 1.29 is 15.0 Å². The molecule has 2 aliphatic carbocycles. The molecule has 1 aromatic heterocycles. The molecule has 0 aromatic carbocycles. The molecule has 0 spiro atoms. The van der Waals surface area contributed by atoms with Crippen LogP contribution in [-0.4, -0.2) is 26.6 Å². The molecule has 0 bridgehead atoms. The molecular formula is C15H19NO3. The SMILES string of the molecule is CC1(C)CC2C(O)(C1)C(=O)c1cnccc1C2(C)O. The molecule has 2 aliphatic rings. The van der Waals surface area contributed by atoms with Gasteiger partial charge in [0.2, 0.25) is 0 Å². The Labute approximate surface area is 112 Å². The Hall–Kier alpha value is -1.26. The number of hydrogen-bond donors (Lipinski definition) is 2. The summed E-state index contributed by atoms with van der Waals surface area (Å²) in [7, 11) is 0. The topological polar surface area (TPSA) is 70.4 Å². The molecule has 1 saturated carbocycles. The van der Waals surface area contributed by atoms with E-state index in [1.807, 2.05) is 13.8 Å². The van der Waals surface area contributed by atoms with Crippen molar-refractivity contribution in [2.45, 2.75) is 44.8 Å². The minimum atomic E-state index is -1.47. The normalized spacial score (nSPS) is 39.8. The second-order valence-corrected chi connectivity index (χ2v) is 6.92. The van der Waals surface area contributed by atoms with E-state index < -0.39 is 17.1 Å². The first kappa shape index (κ1) is 12.8. The third-order valence-corrected chi connectivity index (χ3v) is 4.76. The van der Waals surface area contributed by atoms with Crippen LogP contribution in [-0.2, 0) is 5.60 Å². The standard InChI is InChI=1S/C15H19NO3/c1-13(2)6-11-14(3,18)10-4-5-16-7-9(10)12(17)15(11,19)8-13/h4-5,7,11,18-19H,6,8H2,1-3H3. The van der Waals surface area contributed by atoms with Gasteiger partial charge in [-0.05, 0) is 36.8 Å². The largest absolute Gasteiger partial charge is 0.385 e. The lowest BCUT2D eigenvalue weighted by atomic mass is 9.65. The summed E-state index contributed by atoms with van der Waals surface area (Å²) in [5.74, 6) is -0.755. The Morgan fingerprint density at radius 2 is 2.00 bits per heavy atom. The molecule has 19 heavy (non-hydrogen) atoms. The molecule has 0 amide bonds. The van der Waals surface area contributed by atoms with Crippen molar-refractivity contribution in [1.82, 2.24) is 4.98 Å². The van der Waals surface area contributed by atoms with Gasteiger partial charge in [-0.1, -0.05) is 13.8 Å². The van der Waals surface area contributed by atoms with E-state index in [2.05, 4.69) is 4.98 Å². The Bertz CT molecular complexity index is 564. The second kappa shape index (κ2) is 3.44. The molecule has 0 radical (unpaired) electrons. The van der Waals surface area contributed by atoms with Crippen molar-refractivity contribution in [2.75, 3.05) is 0 Å². The number of pyridine rings is 1. The summed E-state index contributed by atoms with van der Waals surface area (Å²) in [5, 5.41) is 21.7. The number of aromatic nitrogens is 1. The number of aliphatic hydroxyl groups is 2. The maximum absolute atomic E-state index is 12.6. The Balaban J connectivity index is 2.24. The van der Waals surface area contributed by atoms with Crippen molar-refractivity contribution in [1.29, 1.82) is 0 Å². The zero-order chi connectivity index (χ0) is 14.1. The molecule has 1 aromatic rings. The summed E-state index contributed by atoms with van der Waals surface area (Å²) in [4.78, 5) is 16.5. The molecule has 1 fully saturated rings. The molecule has 3 atom stereocenters. The van der Waals surface area contributed by atoms with Crippen LogP contribution in [0.25, 0.3) is 0 Å². The summed E-state index contributed by atoms with van der Waals surface area (Å²) < 4.78 is 0. The highest BCUT2D eigenvalue weighted by atomic mass is 16.3. The molecule has 3 unspecified atom stereocenters. The van der Waals surface area contributed by atoms with Gasteiger partial charge in [-0.15, -0.1) is 0 Å².